The molecule has 4 aliphatic carbocycles. The van der Waals surface area contributed by atoms with Crippen LogP contribution in [-0.2, 0) is 54.1 Å². The SMILES string of the molecule is C1CCOC1.CC(C)(C)OC(=O)OC(=O)OC(C)(C)C.CC[C@@H](O)[C@@H](CO)N(C)CC1=CCc2c(Cl)ncnc21.CC[C@@H](O)[C@@H](CO)N(C)CC1=CCc2c(N)ncnc21.CC[C@@H](O)[C@@H](CO)N(C)CC1=CCc2c(N)ncnc21.CC[C@@H](O)[C@@H](CO)NC.CC[C@@H](O)[C@@H](CO)NC(=O)OC(C)(C)C.CC[C@@H](O)[C@H](N)CO.CO.COC1=CCc2c(Cl)ncnc21.N.N=N/N=N/N=N/N.[AlH3].[H-].[Li+]. The van der Waals surface area contributed by atoms with E-state index in [4.69, 9.17) is 100 Å². The molecule has 0 bridgehead atoms. The molecular formula is C86H160AlCl2LiN24O22. The topological polar surface area (TPSA) is 731 Å². The van der Waals surface area contributed by atoms with Crippen molar-refractivity contribution in [2.24, 2.45) is 37.7 Å². The summed E-state index contributed by atoms with van der Waals surface area (Å²) < 4.78 is 28.8. The van der Waals surface area contributed by atoms with Gasteiger partial charge in [0.1, 0.15) is 75.5 Å². The molecule has 0 spiro atoms. The van der Waals surface area contributed by atoms with Crippen molar-refractivity contribution < 1.29 is 129 Å². The second kappa shape index (κ2) is 75.1. The summed E-state index contributed by atoms with van der Waals surface area (Å²) in [5, 5.41) is 138. The van der Waals surface area contributed by atoms with E-state index in [2.05, 4.69) is 105 Å². The minimum absolute atomic E-state index is 0. The van der Waals surface area contributed by atoms with E-state index in [-0.39, 0.29) is 108 Å². The van der Waals surface area contributed by atoms with Crippen LogP contribution in [0.4, 0.5) is 26.0 Å². The number of nitrogens with one attached hydrogen (secondary N) is 3. The van der Waals surface area contributed by atoms with Gasteiger partial charge in [-0.15, -0.1) is 0 Å². The van der Waals surface area contributed by atoms with Gasteiger partial charge in [-0.1, -0.05) is 88.2 Å². The number of methoxy groups -OCH3 is 1. The van der Waals surface area contributed by atoms with Crippen molar-refractivity contribution >= 4 is 93.1 Å². The van der Waals surface area contributed by atoms with Crippen LogP contribution in [0.2, 0.25) is 10.3 Å². The number of nitrogens with zero attached hydrogens (tertiary/aromatic N) is 16. The van der Waals surface area contributed by atoms with E-state index in [9.17, 15) is 50.1 Å². The summed E-state index contributed by atoms with van der Waals surface area (Å²) in [5.74, 6) is 6.31. The molecule has 12 atom stereocenters. The van der Waals surface area contributed by atoms with Crippen LogP contribution in [0.3, 0.4) is 0 Å². The number of likely N-dealkylation sites (N-methyl/N-ethyl adjacent to an activating group) is 4. The van der Waals surface area contributed by atoms with E-state index in [0.29, 0.717) is 80.1 Å². The van der Waals surface area contributed by atoms with Crippen LogP contribution in [0.1, 0.15) is 202 Å². The number of anilines is 2. The van der Waals surface area contributed by atoms with Gasteiger partial charge in [0.25, 0.3) is 0 Å². The van der Waals surface area contributed by atoms with Gasteiger partial charge in [-0.05, 0) is 211 Å². The Bertz CT molecular complexity index is 3890. The molecule has 0 aromatic carbocycles. The third kappa shape index (κ3) is 53.6. The molecule has 4 aromatic rings. The fourth-order valence-electron chi connectivity index (χ4n) is 12.2. The number of ether oxygens (including phenoxy) is 6. The third-order valence-electron chi connectivity index (χ3n) is 19.7. The van der Waals surface area contributed by atoms with E-state index in [1.54, 1.807) is 83.4 Å². The number of alkyl carbamates (subject to hydrolysis) is 1. The summed E-state index contributed by atoms with van der Waals surface area (Å²) in [5.41, 5.74) is 31.4. The fraction of sp³-hybridized carbons (Fsp3) is 0.686. The molecule has 1 aliphatic heterocycles. The predicted octanol–water partition coefficient (Wildman–Crippen LogP) is 1.99. The van der Waals surface area contributed by atoms with Gasteiger partial charge in [0.2, 0.25) is 0 Å². The minimum Gasteiger partial charge on any atom is -1.00 e. The quantitative estimate of drug-likeness (QED) is 0.00486. The van der Waals surface area contributed by atoms with Crippen molar-refractivity contribution in [2.45, 2.75) is 271 Å². The van der Waals surface area contributed by atoms with Crippen molar-refractivity contribution in [3.8, 4) is 0 Å². The van der Waals surface area contributed by atoms with E-state index in [0.717, 1.165) is 114 Å². The normalized spacial score (nSPS) is 15.4. The molecule has 5 aliphatic rings. The van der Waals surface area contributed by atoms with E-state index in [1.165, 1.54) is 38.2 Å². The van der Waals surface area contributed by atoms with Gasteiger partial charge >= 0.3 is 37.3 Å². The average molecular weight is 1990 g/mol. The number of amides is 1. The first-order valence-electron chi connectivity index (χ1n) is 43.6. The van der Waals surface area contributed by atoms with Gasteiger partial charge in [0.05, 0.1) is 137 Å². The van der Waals surface area contributed by atoms with Crippen LogP contribution in [0, 0.1) is 5.53 Å². The van der Waals surface area contributed by atoms with Crippen molar-refractivity contribution in [3.05, 3.63) is 105 Å². The van der Waals surface area contributed by atoms with Gasteiger partial charge < -0.3 is 136 Å². The zero-order valence-corrected chi connectivity index (χ0v) is 84.2. The number of hydrogen-bond donors (Lipinski definition) is 21. The number of nitrogen functional groups attached to an aromatic ring is 2. The van der Waals surface area contributed by atoms with Crippen LogP contribution in [-0.4, -0.2) is 361 Å². The fourth-order valence-corrected chi connectivity index (χ4v) is 12.7. The molecule has 0 radical (unpaired) electrons. The van der Waals surface area contributed by atoms with Gasteiger partial charge in [0, 0.05) is 62.2 Å². The maximum Gasteiger partial charge on any atom is 1.00 e. The van der Waals surface area contributed by atoms with E-state index in [1.807, 2.05) is 76.5 Å². The zero-order valence-electron chi connectivity index (χ0n) is 83.7. The molecule has 4 aromatic heterocycles. The Kier molecular flexibility index (Phi) is 75.5. The number of aromatic nitrogens is 8. The molecule has 1 fully saturated rings. The van der Waals surface area contributed by atoms with Gasteiger partial charge in [0.15, 0.2) is 17.4 Å². The summed E-state index contributed by atoms with van der Waals surface area (Å²) in [7, 11) is 10.0. The number of fused-ring (bicyclic) bond motifs is 4. The Labute approximate surface area is 834 Å². The van der Waals surface area contributed by atoms with Crippen molar-refractivity contribution in [1.29, 1.82) is 5.53 Å². The maximum atomic E-state index is 11.3. The summed E-state index contributed by atoms with van der Waals surface area (Å²) in [6.45, 7) is 29.6. The molecule has 774 valence electrons. The minimum atomic E-state index is -1.06. The summed E-state index contributed by atoms with van der Waals surface area (Å²) >= 11 is 11.9. The third-order valence-corrected chi connectivity index (χ3v) is 20.3. The molecule has 0 unspecified atom stereocenters. The molecule has 27 N–H and O–H groups in total. The van der Waals surface area contributed by atoms with Crippen molar-refractivity contribution in [2.75, 3.05) is 126 Å². The number of aliphatic hydroxyl groups is 13. The molecule has 1 saturated heterocycles. The van der Waals surface area contributed by atoms with Crippen LogP contribution in [0.25, 0.3) is 22.5 Å². The summed E-state index contributed by atoms with van der Waals surface area (Å²) in [4.78, 5) is 72.0. The van der Waals surface area contributed by atoms with E-state index < -0.39 is 83.9 Å². The Morgan fingerprint density at radius 1 is 0.507 bits per heavy atom. The van der Waals surface area contributed by atoms with Crippen molar-refractivity contribution in [3.63, 3.8) is 0 Å². The number of carbonyl (C=O) groups is 3. The van der Waals surface area contributed by atoms with Gasteiger partial charge in [-0.3, -0.25) is 14.7 Å². The monoisotopic (exact) mass is 1990 g/mol. The first-order valence-corrected chi connectivity index (χ1v) is 44.3. The van der Waals surface area contributed by atoms with Gasteiger partial charge in [-0.2, -0.15) is 5.53 Å². The first kappa shape index (κ1) is 137. The second-order valence-corrected chi connectivity index (χ2v) is 33.7. The Morgan fingerprint density at radius 3 is 1.12 bits per heavy atom. The van der Waals surface area contributed by atoms with Crippen LogP contribution >= 0.6 is 23.2 Å². The summed E-state index contributed by atoms with van der Waals surface area (Å²) in [6.07, 6.45) is 17.0. The number of aliphatic hydroxyl groups excluding tert-OH is 13. The van der Waals surface area contributed by atoms with Crippen LogP contribution in [0.5, 0.6) is 0 Å². The smallest absolute Gasteiger partial charge is 1.00 e. The first-order chi connectivity index (χ1) is 62.7. The number of nitrogens with two attached hydrogens (primary N) is 4. The Balaban J connectivity index is -0.000000354. The number of rotatable bonds is 32. The maximum absolute atomic E-state index is 11.3. The molecular weight excluding hydrogens is 1830 g/mol. The molecule has 1 amide bonds. The zero-order chi connectivity index (χ0) is 102. The van der Waals surface area contributed by atoms with Crippen LogP contribution < -0.4 is 58.7 Å². The number of hydrogen-bond acceptors (Lipinski definition) is 40. The molecule has 46 nitrogen and oxygen atoms in total. The summed E-state index contributed by atoms with van der Waals surface area (Å²) in [6, 6.07) is -2.14. The van der Waals surface area contributed by atoms with Crippen LogP contribution in [0.15, 0.2) is 75.7 Å². The molecule has 50 heteroatoms. The molecule has 0 saturated carbocycles. The molecule has 5 heterocycles. The standard InChI is InChI=1S/C14H20ClN3O2.2C14H22N4O2.C10H21NO4.C10H18O5.C8H7ClN2O.C6H15NO2.C5H13NO2.C4H8O.CH4O.Al.Li.H3N7.H3N.4H/c3*1-3-12(20)11(7-19)18(2)6-9-4-5-10-13(9)16-8-17-14(10)15;1-5-8(13)7(6-12)11-9(14)15-10(2,3)4;1-9(2,3)14-7(11)13-8(12)15-10(4,5)6;1-12-6-3-2-5-7(6)10-4-11-8(5)9;1-3-6(9)5(4-8)7-2;1-2-5(8)4(6)3-7;1-2-4-5-3-1;1-2;;;1-3-5-7-6-4-2;;;;;/h4,8,11-12,19-20H,3,5-7H2,1-2H3;2*4,8,11-12,19-20H,3,5-7H2,1-2H3,(H2,15,16,17);7-8,12-13H,5-6H2,1-4H3,(H,11,14);1-6H3;3-4H,2H2,1H3;5-9H,3-4H2,1-2H3;4-5,7-8H,2-3,6H2,1H3;1-4H2;2H,1H3;;;(H3,1,2,5,6);1H3;;;;/q;;;;;;;;;;;+1;;;;;;-1/t3*11-,12-;7-,8-;;;5-,6-;4-,5-;;;;;;;;;;/m1111..11........../s1. The predicted molar refractivity (Wildman–Crippen MR) is 521 cm³/mol. The number of allylic oxidation sites excluding steroid dienone is 4. The molecule has 9 rings (SSSR count). The second-order valence-electron chi connectivity index (χ2n) is 33.0. The van der Waals surface area contributed by atoms with Crippen molar-refractivity contribution in [1.82, 2.24) is 71.4 Å². The Morgan fingerprint density at radius 2 is 0.838 bits per heavy atom. The molecule has 136 heavy (non-hydrogen) atoms. The number of carbonyl (C=O) groups excluding carboxylic acids is 3. The largest absolute Gasteiger partial charge is 1.00 e. The van der Waals surface area contributed by atoms with E-state index >= 15 is 0 Å². The number of halogens is 2. The Hall–Kier alpha value is -7.80. The average Bonchev–Trinajstić information content (AvgIpc) is 1.68. The van der Waals surface area contributed by atoms with Gasteiger partial charge in [-0.25, -0.2) is 54.3 Å².